The number of carbonyl (C=O) groups excluding carboxylic acids is 3. The largest absolute Gasteiger partial charge is 0.477 e. The lowest BCUT2D eigenvalue weighted by atomic mass is 10.1. The third kappa shape index (κ3) is 12.2. The summed E-state index contributed by atoms with van der Waals surface area (Å²) in [6, 6.07) is 22.7. The summed E-state index contributed by atoms with van der Waals surface area (Å²) < 4.78 is 9.07. The van der Waals surface area contributed by atoms with Gasteiger partial charge in [-0.1, -0.05) is 93.5 Å². The number of fused-ring (bicyclic) bond motifs is 1. The molecular formula is C42H52N6O6. The standard InChI is InChI=1S/C42H52N6O6/c1-47-28-33(45-40(50)36-25-32-19-12-13-20-35(32)46-36)26-37(47)41(51)43-22-16-21-39(49)44-34-27-38(42(52)53)48(29-34)23-14-7-5-3-2-4-6-8-15-24-54-30-31-17-10-9-11-18-31/h9-13,17-20,25-29,46H,2-8,14-16,21-24,30H2,1H3,(H,43,51)(H,44,49)(H,45,50)(H,52,53). The molecule has 0 bridgehead atoms. The highest BCUT2D eigenvalue weighted by Crippen LogP contribution is 2.19. The van der Waals surface area contributed by atoms with Gasteiger partial charge in [0.25, 0.3) is 11.8 Å². The Morgan fingerprint density at radius 1 is 0.722 bits per heavy atom. The Balaban J connectivity index is 0.926. The van der Waals surface area contributed by atoms with E-state index < -0.39 is 5.97 Å². The van der Waals surface area contributed by atoms with E-state index in [1.807, 2.05) is 42.5 Å². The number of carbonyl (C=O) groups is 4. The van der Waals surface area contributed by atoms with E-state index in [1.54, 1.807) is 40.7 Å². The first kappa shape index (κ1) is 39.6. The predicted octanol–water partition coefficient (Wildman–Crippen LogP) is 8.13. The average Bonchev–Trinajstić information content (AvgIpc) is 3.89. The molecule has 3 aromatic heterocycles. The topological polar surface area (TPSA) is 159 Å². The SMILES string of the molecule is Cn1cc(NC(=O)c2cc3ccccc3[nH]2)cc1C(=O)NCCCC(=O)Nc1cc(C(=O)O)n(CCCCCCCCCCCOCc2ccccc2)c1. The van der Waals surface area contributed by atoms with Crippen molar-refractivity contribution < 1.29 is 29.0 Å². The van der Waals surface area contributed by atoms with Crippen LogP contribution in [0.25, 0.3) is 10.9 Å². The highest BCUT2D eigenvalue weighted by molar-refractivity contribution is 6.06. The van der Waals surface area contributed by atoms with Crippen LogP contribution < -0.4 is 16.0 Å². The predicted molar refractivity (Wildman–Crippen MR) is 211 cm³/mol. The molecule has 12 nitrogen and oxygen atoms in total. The number of para-hydroxylation sites is 1. The van der Waals surface area contributed by atoms with Crippen LogP contribution in [0.1, 0.15) is 108 Å². The molecule has 0 radical (unpaired) electrons. The molecule has 5 aromatic rings. The zero-order valence-electron chi connectivity index (χ0n) is 31.1. The monoisotopic (exact) mass is 736 g/mol. The van der Waals surface area contributed by atoms with Crippen molar-refractivity contribution >= 4 is 46.0 Å². The maximum Gasteiger partial charge on any atom is 0.352 e. The van der Waals surface area contributed by atoms with Crippen LogP contribution in [0.4, 0.5) is 11.4 Å². The van der Waals surface area contributed by atoms with Crippen molar-refractivity contribution in [1.82, 2.24) is 19.4 Å². The molecule has 54 heavy (non-hydrogen) atoms. The first-order valence-electron chi connectivity index (χ1n) is 19.0. The van der Waals surface area contributed by atoms with Gasteiger partial charge in [-0.25, -0.2) is 4.79 Å². The average molecular weight is 737 g/mol. The van der Waals surface area contributed by atoms with Crippen molar-refractivity contribution in [3.63, 3.8) is 0 Å². The van der Waals surface area contributed by atoms with Crippen LogP contribution in [0.3, 0.4) is 0 Å². The van der Waals surface area contributed by atoms with Gasteiger partial charge in [-0.05, 0) is 49.1 Å². The van der Waals surface area contributed by atoms with Crippen LogP contribution in [0.15, 0.2) is 85.2 Å². The number of H-pyrrole nitrogens is 1. The van der Waals surface area contributed by atoms with Gasteiger partial charge in [-0.15, -0.1) is 0 Å². The Morgan fingerprint density at radius 2 is 1.39 bits per heavy atom. The molecule has 0 atom stereocenters. The van der Waals surface area contributed by atoms with Gasteiger partial charge in [-0.2, -0.15) is 0 Å². The van der Waals surface area contributed by atoms with E-state index in [9.17, 15) is 24.3 Å². The minimum absolute atomic E-state index is 0.143. The number of benzene rings is 2. The van der Waals surface area contributed by atoms with Gasteiger partial charge in [0.1, 0.15) is 17.1 Å². The first-order chi connectivity index (χ1) is 26.3. The second-order valence-corrected chi connectivity index (χ2v) is 13.7. The molecule has 5 rings (SSSR count). The molecule has 0 spiro atoms. The Hall–Kier alpha value is -5.62. The van der Waals surface area contributed by atoms with Crippen LogP contribution >= 0.6 is 0 Å². The maximum absolute atomic E-state index is 12.8. The Labute approximate surface area is 316 Å². The van der Waals surface area contributed by atoms with Gasteiger partial charge >= 0.3 is 5.97 Å². The lowest BCUT2D eigenvalue weighted by Crippen LogP contribution is -2.27. The summed E-state index contributed by atoms with van der Waals surface area (Å²) in [5.41, 5.74) is 3.92. The number of hydrogen-bond donors (Lipinski definition) is 5. The van der Waals surface area contributed by atoms with Crippen molar-refractivity contribution in [2.24, 2.45) is 7.05 Å². The molecule has 3 heterocycles. The number of nitrogens with zero attached hydrogens (tertiary/aromatic N) is 2. The number of anilines is 2. The molecular weight excluding hydrogens is 684 g/mol. The second-order valence-electron chi connectivity index (χ2n) is 13.7. The molecule has 0 aliphatic carbocycles. The van der Waals surface area contributed by atoms with Crippen molar-refractivity contribution in [3.05, 3.63) is 108 Å². The maximum atomic E-state index is 12.8. The number of ether oxygens (including phenoxy) is 1. The van der Waals surface area contributed by atoms with E-state index in [-0.39, 0.29) is 36.4 Å². The van der Waals surface area contributed by atoms with E-state index in [4.69, 9.17) is 4.74 Å². The van der Waals surface area contributed by atoms with Crippen molar-refractivity contribution in [2.75, 3.05) is 23.8 Å². The third-order valence-corrected chi connectivity index (χ3v) is 9.33. The van der Waals surface area contributed by atoms with Gasteiger partial charge in [0.2, 0.25) is 5.91 Å². The van der Waals surface area contributed by atoms with Gasteiger partial charge in [0.15, 0.2) is 0 Å². The van der Waals surface area contributed by atoms with E-state index in [1.165, 1.54) is 43.7 Å². The van der Waals surface area contributed by atoms with Crippen LogP contribution in [-0.2, 0) is 29.7 Å². The van der Waals surface area contributed by atoms with Gasteiger partial charge in [0, 0.05) is 56.5 Å². The van der Waals surface area contributed by atoms with E-state index in [0.717, 1.165) is 43.2 Å². The van der Waals surface area contributed by atoms with Crippen molar-refractivity contribution in [3.8, 4) is 0 Å². The summed E-state index contributed by atoms with van der Waals surface area (Å²) in [6.45, 7) is 2.31. The molecule has 2 aromatic carbocycles. The van der Waals surface area contributed by atoms with E-state index in [0.29, 0.717) is 42.3 Å². The Morgan fingerprint density at radius 3 is 2.13 bits per heavy atom. The first-order valence-corrected chi connectivity index (χ1v) is 19.0. The molecule has 3 amide bonds. The lowest BCUT2D eigenvalue weighted by molar-refractivity contribution is -0.116. The molecule has 0 aliphatic heterocycles. The van der Waals surface area contributed by atoms with Gasteiger partial charge < -0.3 is 39.9 Å². The minimum Gasteiger partial charge on any atom is -0.477 e. The summed E-state index contributed by atoms with van der Waals surface area (Å²) in [5.74, 6) is -1.95. The zero-order valence-corrected chi connectivity index (χ0v) is 31.1. The number of aromatic carboxylic acids is 1. The lowest BCUT2D eigenvalue weighted by Gasteiger charge is -2.07. The third-order valence-electron chi connectivity index (χ3n) is 9.33. The number of carboxylic acid groups (broad SMARTS) is 1. The quantitative estimate of drug-likeness (QED) is 0.0426. The second kappa shape index (κ2) is 20.6. The summed E-state index contributed by atoms with van der Waals surface area (Å²) in [7, 11) is 1.72. The molecule has 0 saturated heterocycles. The summed E-state index contributed by atoms with van der Waals surface area (Å²) >= 11 is 0. The summed E-state index contributed by atoms with van der Waals surface area (Å²) in [5, 5.41) is 19.1. The molecule has 0 saturated carbocycles. The number of rotatable bonds is 23. The fourth-order valence-corrected chi connectivity index (χ4v) is 6.45. The highest BCUT2D eigenvalue weighted by Gasteiger charge is 2.17. The Kier molecular flexibility index (Phi) is 15.1. The molecule has 286 valence electrons. The number of aromatic nitrogens is 3. The molecule has 12 heteroatoms. The normalized spacial score (nSPS) is 11.1. The number of aromatic amines is 1. The fraction of sp³-hybridized carbons (Fsp3) is 0.381. The highest BCUT2D eigenvalue weighted by atomic mass is 16.5. The van der Waals surface area contributed by atoms with Crippen LogP contribution in [0.2, 0.25) is 0 Å². The number of nitrogens with one attached hydrogen (secondary N) is 4. The minimum atomic E-state index is -1.04. The van der Waals surface area contributed by atoms with Crippen LogP contribution in [-0.4, -0.2) is 56.1 Å². The van der Waals surface area contributed by atoms with Crippen molar-refractivity contribution in [1.29, 1.82) is 0 Å². The number of amides is 3. The smallest absolute Gasteiger partial charge is 0.352 e. The van der Waals surface area contributed by atoms with Crippen LogP contribution in [0, 0.1) is 0 Å². The van der Waals surface area contributed by atoms with Crippen LogP contribution in [0.5, 0.6) is 0 Å². The number of hydrogen-bond acceptors (Lipinski definition) is 5. The summed E-state index contributed by atoms with van der Waals surface area (Å²) in [6.07, 6.45) is 13.9. The molecule has 0 fully saturated rings. The number of unbranched alkanes of at least 4 members (excludes halogenated alkanes) is 8. The van der Waals surface area contributed by atoms with Gasteiger partial charge in [-0.3, -0.25) is 14.4 Å². The number of aryl methyl sites for hydroxylation is 2. The molecule has 5 N–H and O–H groups in total. The van der Waals surface area contributed by atoms with E-state index >= 15 is 0 Å². The van der Waals surface area contributed by atoms with Crippen molar-refractivity contribution in [2.45, 2.75) is 83.8 Å². The molecule has 0 unspecified atom stereocenters. The Bertz CT molecular complexity index is 1940. The van der Waals surface area contributed by atoms with E-state index in [2.05, 4.69) is 33.1 Å². The molecule has 0 aliphatic rings. The number of carboxylic acids is 1. The zero-order chi connectivity index (χ0) is 38.1. The van der Waals surface area contributed by atoms with Gasteiger partial charge in [0.05, 0.1) is 18.0 Å². The summed E-state index contributed by atoms with van der Waals surface area (Å²) in [4.78, 5) is 53.2. The fourth-order valence-electron chi connectivity index (χ4n) is 6.45.